The van der Waals surface area contributed by atoms with Gasteiger partial charge in [-0.2, -0.15) is 0 Å². The van der Waals surface area contributed by atoms with Gasteiger partial charge in [0.05, 0.1) is 12.2 Å². The Kier molecular flexibility index (Phi) is 2.99. The highest BCUT2D eigenvalue weighted by Crippen LogP contribution is 2.47. The summed E-state index contributed by atoms with van der Waals surface area (Å²) in [5.74, 6) is 0. The average molecular weight is 199 g/mol. The Morgan fingerprint density at radius 3 is 1.71 bits per heavy atom. The second-order valence-corrected chi connectivity index (χ2v) is 6.35. The van der Waals surface area contributed by atoms with Gasteiger partial charge in [-0.15, -0.1) is 0 Å². The van der Waals surface area contributed by atoms with Crippen LogP contribution in [0.25, 0.3) is 0 Å². The zero-order valence-electron chi connectivity index (χ0n) is 10.5. The fraction of sp³-hybridized carbons (Fsp3) is 1.00. The lowest BCUT2D eigenvalue weighted by atomic mass is 9.62. The molecule has 0 saturated carbocycles. The lowest BCUT2D eigenvalue weighted by molar-refractivity contribution is -0.192. The Labute approximate surface area is 88.4 Å². The van der Waals surface area contributed by atoms with Gasteiger partial charge in [0.2, 0.25) is 0 Å². The zero-order chi connectivity index (χ0) is 11.0. The van der Waals surface area contributed by atoms with Gasteiger partial charge < -0.3 is 10.1 Å². The molecule has 2 nitrogen and oxygen atoms in total. The predicted molar refractivity (Wildman–Crippen MR) is 60.5 cm³/mol. The molecule has 0 radical (unpaired) electrons. The fourth-order valence-corrected chi connectivity index (χ4v) is 2.70. The van der Waals surface area contributed by atoms with E-state index in [1.54, 1.807) is 0 Å². The summed E-state index contributed by atoms with van der Waals surface area (Å²) in [6.45, 7) is 16.4. The maximum absolute atomic E-state index is 6.13. The number of ether oxygens (including phenoxy) is 1. The van der Waals surface area contributed by atoms with Crippen LogP contribution in [0.5, 0.6) is 0 Å². The van der Waals surface area contributed by atoms with Crippen LogP contribution in [0, 0.1) is 10.8 Å². The molecule has 1 aliphatic heterocycles. The summed E-state index contributed by atoms with van der Waals surface area (Å²) >= 11 is 0. The minimum absolute atomic E-state index is 0.0573. The highest BCUT2D eigenvalue weighted by Gasteiger charge is 2.52. The van der Waals surface area contributed by atoms with Crippen molar-refractivity contribution in [2.75, 3.05) is 19.7 Å². The minimum Gasteiger partial charge on any atom is -0.371 e. The van der Waals surface area contributed by atoms with E-state index in [1.165, 1.54) is 0 Å². The van der Waals surface area contributed by atoms with E-state index in [2.05, 4.69) is 46.9 Å². The SMILES string of the molecule is CC(C)(C)C1(C(C)(C)C)CNCCO1. The molecular formula is C12H25NO. The molecule has 1 heterocycles. The third-order valence-corrected chi connectivity index (χ3v) is 3.42. The molecule has 84 valence electrons. The van der Waals surface area contributed by atoms with Gasteiger partial charge in [-0.1, -0.05) is 41.5 Å². The first-order valence-corrected chi connectivity index (χ1v) is 5.55. The Balaban J connectivity index is 3.01. The summed E-state index contributed by atoms with van der Waals surface area (Å²) in [5, 5.41) is 3.46. The largest absolute Gasteiger partial charge is 0.371 e. The van der Waals surface area contributed by atoms with E-state index in [1.807, 2.05) is 0 Å². The third kappa shape index (κ3) is 1.82. The Morgan fingerprint density at radius 2 is 1.50 bits per heavy atom. The fourth-order valence-electron chi connectivity index (χ4n) is 2.70. The smallest absolute Gasteiger partial charge is 0.0902 e. The van der Waals surface area contributed by atoms with Crippen molar-refractivity contribution < 1.29 is 4.74 Å². The van der Waals surface area contributed by atoms with Gasteiger partial charge in [0.25, 0.3) is 0 Å². The van der Waals surface area contributed by atoms with E-state index in [9.17, 15) is 0 Å². The van der Waals surface area contributed by atoms with E-state index in [-0.39, 0.29) is 16.4 Å². The van der Waals surface area contributed by atoms with Gasteiger partial charge in [0.15, 0.2) is 0 Å². The molecule has 0 aromatic rings. The van der Waals surface area contributed by atoms with Gasteiger partial charge in [-0.3, -0.25) is 0 Å². The molecule has 0 aromatic heterocycles. The quantitative estimate of drug-likeness (QED) is 0.647. The Morgan fingerprint density at radius 1 is 1.00 bits per heavy atom. The van der Waals surface area contributed by atoms with Crippen LogP contribution in [0.1, 0.15) is 41.5 Å². The second kappa shape index (κ2) is 3.49. The van der Waals surface area contributed by atoms with Gasteiger partial charge in [-0.05, 0) is 10.8 Å². The van der Waals surface area contributed by atoms with E-state index < -0.39 is 0 Å². The van der Waals surface area contributed by atoms with E-state index in [4.69, 9.17) is 4.74 Å². The standard InChI is InChI=1S/C12H25NO/c1-10(2,3)12(11(4,5)6)9-13-7-8-14-12/h13H,7-9H2,1-6H3. The molecule has 0 unspecified atom stereocenters. The molecule has 0 spiro atoms. The van der Waals surface area contributed by atoms with Crippen LogP contribution < -0.4 is 5.32 Å². The summed E-state index contributed by atoms with van der Waals surface area (Å²) in [4.78, 5) is 0. The first kappa shape index (κ1) is 12.0. The Hall–Kier alpha value is -0.0800. The van der Waals surface area contributed by atoms with Crippen molar-refractivity contribution in [1.29, 1.82) is 0 Å². The van der Waals surface area contributed by atoms with Crippen LogP contribution >= 0.6 is 0 Å². The lowest BCUT2D eigenvalue weighted by Gasteiger charge is -2.55. The summed E-state index contributed by atoms with van der Waals surface area (Å²) < 4.78 is 6.13. The van der Waals surface area contributed by atoms with Crippen molar-refractivity contribution in [3.05, 3.63) is 0 Å². The highest BCUT2D eigenvalue weighted by molar-refractivity contribution is 5.03. The molecule has 1 rings (SSSR count). The highest BCUT2D eigenvalue weighted by atomic mass is 16.5. The maximum Gasteiger partial charge on any atom is 0.0902 e. The first-order chi connectivity index (χ1) is 6.21. The number of morpholine rings is 1. The van der Waals surface area contributed by atoms with Gasteiger partial charge in [-0.25, -0.2) is 0 Å². The van der Waals surface area contributed by atoms with Crippen LogP contribution in [0.15, 0.2) is 0 Å². The molecule has 2 heteroatoms. The van der Waals surface area contributed by atoms with Crippen molar-refractivity contribution in [1.82, 2.24) is 5.32 Å². The van der Waals surface area contributed by atoms with Crippen LogP contribution in [0.4, 0.5) is 0 Å². The third-order valence-electron chi connectivity index (χ3n) is 3.42. The number of nitrogens with one attached hydrogen (secondary N) is 1. The van der Waals surface area contributed by atoms with E-state index >= 15 is 0 Å². The summed E-state index contributed by atoms with van der Waals surface area (Å²) in [6.07, 6.45) is 0. The molecular weight excluding hydrogens is 174 g/mol. The van der Waals surface area contributed by atoms with Crippen molar-refractivity contribution in [3.63, 3.8) is 0 Å². The minimum atomic E-state index is -0.0573. The summed E-state index contributed by atoms with van der Waals surface area (Å²) in [6, 6.07) is 0. The molecule has 0 aliphatic carbocycles. The molecule has 0 aromatic carbocycles. The number of hydrogen-bond donors (Lipinski definition) is 1. The van der Waals surface area contributed by atoms with Crippen molar-refractivity contribution >= 4 is 0 Å². The van der Waals surface area contributed by atoms with Gasteiger partial charge in [0.1, 0.15) is 0 Å². The zero-order valence-corrected chi connectivity index (χ0v) is 10.5. The van der Waals surface area contributed by atoms with Crippen LogP contribution in [0.2, 0.25) is 0 Å². The maximum atomic E-state index is 6.13. The van der Waals surface area contributed by atoms with Gasteiger partial charge in [0, 0.05) is 13.1 Å². The molecule has 0 amide bonds. The van der Waals surface area contributed by atoms with E-state index in [0.717, 1.165) is 19.7 Å². The monoisotopic (exact) mass is 199 g/mol. The summed E-state index contributed by atoms with van der Waals surface area (Å²) in [5.41, 5.74) is 0.273. The molecule has 1 N–H and O–H groups in total. The lowest BCUT2D eigenvalue weighted by Crippen LogP contribution is -2.64. The summed E-state index contributed by atoms with van der Waals surface area (Å²) in [7, 11) is 0. The topological polar surface area (TPSA) is 21.3 Å². The molecule has 1 fully saturated rings. The predicted octanol–water partition coefficient (Wildman–Crippen LogP) is 2.44. The van der Waals surface area contributed by atoms with Crippen LogP contribution in [-0.4, -0.2) is 25.3 Å². The molecule has 14 heavy (non-hydrogen) atoms. The Bertz CT molecular complexity index is 175. The molecule has 1 aliphatic rings. The van der Waals surface area contributed by atoms with Gasteiger partial charge >= 0.3 is 0 Å². The van der Waals surface area contributed by atoms with Crippen molar-refractivity contribution in [2.45, 2.75) is 47.1 Å². The molecule has 0 atom stereocenters. The number of hydrogen-bond acceptors (Lipinski definition) is 2. The van der Waals surface area contributed by atoms with Crippen molar-refractivity contribution in [3.8, 4) is 0 Å². The van der Waals surface area contributed by atoms with E-state index in [0.29, 0.717) is 0 Å². The first-order valence-electron chi connectivity index (χ1n) is 5.55. The van der Waals surface area contributed by atoms with Crippen LogP contribution in [0.3, 0.4) is 0 Å². The van der Waals surface area contributed by atoms with Crippen molar-refractivity contribution in [2.24, 2.45) is 10.8 Å². The second-order valence-electron chi connectivity index (χ2n) is 6.35. The normalized spacial score (nSPS) is 23.6. The number of rotatable bonds is 0. The van der Waals surface area contributed by atoms with Crippen LogP contribution in [-0.2, 0) is 4.74 Å². The molecule has 0 bridgehead atoms. The molecule has 1 saturated heterocycles. The average Bonchev–Trinajstić information content (AvgIpc) is 2.02.